The molecule has 0 saturated carbocycles. The van der Waals surface area contributed by atoms with Crippen molar-refractivity contribution in [1.82, 2.24) is 10.6 Å². The molecular formula is C23H27FN4O5. The summed E-state index contributed by atoms with van der Waals surface area (Å²) in [6.07, 6.45) is 2.49. The summed E-state index contributed by atoms with van der Waals surface area (Å²) in [5, 5.41) is 5.60. The van der Waals surface area contributed by atoms with Gasteiger partial charge in [-0.15, -0.1) is 0 Å². The maximum atomic E-state index is 15.2. The number of hydrogen-bond donors (Lipinski definition) is 2. The van der Waals surface area contributed by atoms with Gasteiger partial charge in [-0.2, -0.15) is 0 Å². The second kappa shape index (κ2) is 9.51. The van der Waals surface area contributed by atoms with Crippen molar-refractivity contribution in [1.29, 1.82) is 0 Å². The van der Waals surface area contributed by atoms with Crippen molar-refractivity contribution in [3.8, 4) is 0 Å². The van der Waals surface area contributed by atoms with Gasteiger partial charge in [-0.25, -0.2) is 9.18 Å². The van der Waals surface area contributed by atoms with Gasteiger partial charge in [0.2, 0.25) is 5.91 Å². The molecule has 10 heteroatoms. The van der Waals surface area contributed by atoms with Crippen LogP contribution < -0.4 is 20.4 Å². The Bertz CT molecular complexity index is 1060. The van der Waals surface area contributed by atoms with Crippen LogP contribution in [0.5, 0.6) is 0 Å². The lowest BCUT2D eigenvalue weighted by Crippen LogP contribution is -2.51. The molecule has 0 spiro atoms. The highest BCUT2D eigenvalue weighted by Gasteiger charge is 2.33. The molecule has 1 aromatic heterocycles. The third-order valence-corrected chi connectivity index (χ3v) is 5.91. The molecule has 0 radical (unpaired) electrons. The predicted octanol–water partition coefficient (Wildman–Crippen LogP) is 2.93. The molecular weight excluding hydrogens is 431 g/mol. The number of hydrogen-bond acceptors (Lipinski definition) is 6. The highest BCUT2D eigenvalue weighted by Crippen LogP contribution is 2.31. The van der Waals surface area contributed by atoms with Gasteiger partial charge in [0, 0.05) is 13.5 Å². The zero-order valence-corrected chi connectivity index (χ0v) is 18.6. The minimum Gasteiger partial charge on any atom is -0.469 e. The third kappa shape index (κ3) is 4.94. The Morgan fingerprint density at radius 2 is 2.06 bits per heavy atom. The maximum absolute atomic E-state index is 15.2. The van der Waals surface area contributed by atoms with Crippen LogP contribution in [0.2, 0.25) is 0 Å². The molecule has 3 amide bonds. The van der Waals surface area contributed by atoms with Crippen LogP contribution in [0.4, 0.5) is 20.6 Å². The van der Waals surface area contributed by atoms with E-state index in [0.29, 0.717) is 35.7 Å². The normalized spacial score (nSPS) is 20.5. The van der Waals surface area contributed by atoms with Gasteiger partial charge in [-0.1, -0.05) is 0 Å². The lowest BCUT2D eigenvalue weighted by atomic mass is 10.1. The smallest absolute Gasteiger partial charge is 0.414 e. The topological polar surface area (TPSA) is 104 Å². The molecule has 0 aliphatic carbocycles. The molecule has 2 aliphatic rings. The Morgan fingerprint density at radius 3 is 2.76 bits per heavy atom. The average molecular weight is 458 g/mol. The molecule has 2 N–H and O–H groups in total. The van der Waals surface area contributed by atoms with E-state index in [-0.39, 0.29) is 31.1 Å². The molecule has 2 saturated heterocycles. The van der Waals surface area contributed by atoms with E-state index in [1.807, 2.05) is 4.90 Å². The molecule has 0 bridgehead atoms. The molecule has 2 unspecified atom stereocenters. The van der Waals surface area contributed by atoms with Crippen molar-refractivity contribution in [3.63, 3.8) is 0 Å². The molecule has 2 fully saturated rings. The Balaban J connectivity index is 1.48. The van der Waals surface area contributed by atoms with Crippen molar-refractivity contribution in [2.75, 3.05) is 29.4 Å². The third-order valence-electron chi connectivity index (χ3n) is 5.91. The predicted molar refractivity (Wildman–Crippen MR) is 119 cm³/mol. The molecule has 2 aromatic rings. The number of carbonyl (C=O) groups is 3. The number of nitrogens with one attached hydrogen (secondary N) is 2. The summed E-state index contributed by atoms with van der Waals surface area (Å²) >= 11 is 0. The number of nitrogens with zero attached hydrogens (tertiary/aromatic N) is 2. The van der Waals surface area contributed by atoms with Crippen LogP contribution in [0.15, 0.2) is 34.9 Å². The fraction of sp³-hybridized carbons (Fsp3) is 0.435. The molecule has 176 valence electrons. The number of aryl methyl sites for hydroxylation is 1. The van der Waals surface area contributed by atoms with E-state index < -0.39 is 18.0 Å². The minimum absolute atomic E-state index is 0.198. The van der Waals surface area contributed by atoms with Crippen molar-refractivity contribution < 1.29 is 27.9 Å². The first kappa shape index (κ1) is 22.6. The number of furan rings is 1. The SMILES string of the molecule is CC(=O)NCC1CN(c2ccc(N3CCCCC3NC(=O)c3ccoc3C)c(F)c2)C(=O)O1. The first-order chi connectivity index (χ1) is 15.8. The maximum Gasteiger partial charge on any atom is 0.414 e. The summed E-state index contributed by atoms with van der Waals surface area (Å²) in [5.41, 5.74) is 1.19. The van der Waals surface area contributed by atoms with E-state index in [1.54, 1.807) is 25.1 Å². The number of anilines is 2. The van der Waals surface area contributed by atoms with Crippen LogP contribution in [0.25, 0.3) is 0 Å². The van der Waals surface area contributed by atoms with Crippen molar-refractivity contribution >= 4 is 29.3 Å². The number of piperidine rings is 1. The Morgan fingerprint density at radius 1 is 1.24 bits per heavy atom. The summed E-state index contributed by atoms with van der Waals surface area (Å²) in [7, 11) is 0. The fourth-order valence-electron chi connectivity index (χ4n) is 4.21. The summed E-state index contributed by atoms with van der Waals surface area (Å²) in [5.74, 6) is -0.447. The molecule has 2 atom stereocenters. The molecule has 3 heterocycles. The van der Waals surface area contributed by atoms with Gasteiger partial charge >= 0.3 is 6.09 Å². The van der Waals surface area contributed by atoms with Crippen LogP contribution in [0.1, 0.15) is 42.3 Å². The molecule has 9 nitrogen and oxygen atoms in total. The molecule has 4 rings (SSSR count). The number of rotatable bonds is 6. The first-order valence-electron chi connectivity index (χ1n) is 11.0. The highest BCUT2D eigenvalue weighted by atomic mass is 19.1. The Kier molecular flexibility index (Phi) is 6.52. The lowest BCUT2D eigenvalue weighted by Gasteiger charge is -2.38. The van der Waals surface area contributed by atoms with Crippen LogP contribution in [-0.2, 0) is 9.53 Å². The average Bonchev–Trinajstić information content (AvgIpc) is 3.38. The van der Waals surface area contributed by atoms with Crippen molar-refractivity contribution in [3.05, 3.63) is 47.7 Å². The summed E-state index contributed by atoms with van der Waals surface area (Å²) in [6, 6.07) is 6.19. The Hall–Kier alpha value is -3.56. The van der Waals surface area contributed by atoms with E-state index in [9.17, 15) is 14.4 Å². The minimum atomic E-state index is -0.587. The summed E-state index contributed by atoms with van der Waals surface area (Å²) < 4.78 is 25.7. The molecule has 2 aliphatic heterocycles. The number of carbonyl (C=O) groups excluding carboxylic acids is 3. The van der Waals surface area contributed by atoms with E-state index in [4.69, 9.17) is 9.15 Å². The van der Waals surface area contributed by atoms with E-state index in [2.05, 4.69) is 10.6 Å². The van der Waals surface area contributed by atoms with Gasteiger partial charge in [-0.05, 0) is 50.5 Å². The number of benzene rings is 1. The largest absolute Gasteiger partial charge is 0.469 e. The number of halogens is 1. The zero-order chi connectivity index (χ0) is 23.5. The summed E-state index contributed by atoms with van der Waals surface area (Å²) in [4.78, 5) is 39.2. The number of cyclic esters (lactones) is 1. The zero-order valence-electron chi connectivity index (χ0n) is 18.6. The molecule has 33 heavy (non-hydrogen) atoms. The fourth-order valence-corrected chi connectivity index (χ4v) is 4.21. The van der Waals surface area contributed by atoms with Gasteiger partial charge < -0.3 is 24.7 Å². The number of amides is 3. The summed E-state index contributed by atoms with van der Waals surface area (Å²) in [6.45, 7) is 4.11. The Labute approximate surface area is 190 Å². The van der Waals surface area contributed by atoms with Gasteiger partial charge in [-0.3, -0.25) is 14.5 Å². The van der Waals surface area contributed by atoms with Crippen molar-refractivity contribution in [2.24, 2.45) is 0 Å². The van der Waals surface area contributed by atoms with Crippen LogP contribution in [0, 0.1) is 12.7 Å². The first-order valence-corrected chi connectivity index (χ1v) is 11.0. The number of ether oxygens (including phenoxy) is 1. The lowest BCUT2D eigenvalue weighted by molar-refractivity contribution is -0.119. The van der Waals surface area contributed by atoms with Gasteiger partial charge in [0.15, 0.2) is 0 Å². The van der Waals surface area contributed by atoms with E-state index >= 15 is 4.39 Å². The highest BCUT2D eigenvalue weighted by molar-refractivity contribution is 5.95. The quantitative estimate of drug-likeness (QED) is 0.690. The van der Waals surface area contributed by atoms with Gasteiger partial charge in [0.1, 0.15) is 23.8 Å². The van der Waals surface area contributed by atoms with E-state index in [0.717, 1.165) is 12.8 Å². The van der Waals surface area contributed by atoms with E-state index in [1.165, 1.54) is 24.2 Å². The van der Waals surface area contributed by atoms with Crippen LogP contribution in [-0.4, -0.2) is 49.8 Å². The second-order valence-electron chi connectivity index (χ2n) is 8.26. The van der Waals surface area contributed by atoms with Crippen molar-refractivity contribution in [2.45, 2.75) is 45.4 Å². The standard InChI is InChI=1S/C23H27FN4O5/c1-14-18(8-10-32-14)22(30)26-21-5-3-4-9-27(21)20-7-6-16(11-19(20)24)28-13-17(33-23(28)31)12-25-15(2)29/h6-8,10-11,17,21H,3-5,9,12-13H2,1-2H3,(H,25,29)(H,26,30). The van der Waals surface area contributed by atoms with Crippen LogP contribution >= 0.6 is 0 Å². The second-order valence-corrected chi connectivity index (χ2v) is 8.26. The van der Waals surface area contributed by atoms with Gasteiger partial charge in [0.25, 0.3) is 5.91 Å². The molecule has 1 aromatic carbocycles. The van der Waals surface area contributed by atoms with Crippen LogP contribution in [0.3, 0.4) is 0 Å². The monoisotopic (exact) mass is 458 g/mol. The van der Waals surface area contributed by atoms with Gasteiger partial charge in [0.05, 0.1) is 36.3 Å².